The summed E-state index contributed by atoms with van der Waals surface area (Å²) >= 11 is 0. The molecule has 0 bridgehead atoms. The van der Waals surface area contributed by atoms with Crippen molar-refractivity contribution in [3.8, 4) is 0 Å². The largest absolute Gasteiger partial charge is 0.317 e. The molecule has 1 atom stereocenters. The fraction of sp³-hybridized carbons (Fsp3) is 1.00. The molecule has 0 radical (unpaired) electrons. The zero-order valence-corrected chi connectivity index (χ0v) is 12.0. The van der Waals surface area contributed by atoms with E-state index in [1.165, 1.54) is 58.3 Å². The summed E-state index contributed by atoms with van der Waals surface area (Å²) in [5, 5.41) is 3.52. The normalized spacial score (nSPS) is 30.2. The Morgan fingerprint density at radius 3 is 2.29 bits per heavy atom. The Kier molecular flexibility index (Phi) is 4.48. The highest BCUT2D eigenvalue weighted by Gasteiger charge is 2.31. The van der Waals surface area contributed by atoms with Gasteiger partial charge in [0, 0.05) is 6.04 Å². The highest BCUT2D eigenvalue weighted by atomic mass is 15.2. The monoisotopic (exact) mass is 238 g/mol. The molecule has 0 aliphatic carbocycles. The van der Waals surface area contributed by atoms with Crippen LogP contribution in [0.3, 0.4) is 0 Å². The van der Waals surface area contributed by atoms with Gasteiger partial charge < -0.3 is 10.2 Å². The predicted octanol–water partition coefficient (Wildman–Crippen LogP) is 2.89. The molecule has 2 fully saturated rings. The lowest BCUT2D eigenvalue weighted by Crippen LogP contribution is -2.44. The van der Waals surface area contributed by atoms with E-state index in [2.05, 4.69) is 31.0 Å². The second kappa shape index (κ2) is 5.71. The maximum absolute atomic E-state index is 3.52. The van der Waals surface area contributed by atoms with Crippen molar-refractivity contribution >= 4 is 0 Å². The van der Waals surface area contributed by atoms with Gasteiger partial charge in [0.1, 0.15) is 0 Å². The molecule has 0 aromatic carbocycles. The maximum Gasteiger partial charge on any atom is 0.0108 e. The SMILES string of the molecule is CC(C)(C)C1CCN(C2CCCNCC2)CC1. The molecule has 1 N–H and O–H groups in total. The number of nitrogens with zero attached hydrogens (tertiary/aromatic N) is 1. The van der Waals surface area contributed by atoms with Crippen LogP contribution < -0.4 is 5.32 Å². The molecule has 0 aromatic rings. The fourth-order valence-corrected chi connectivity index (χ4v) is 3.50. The highest BCUT2D eigenvalue weighted by molar-refractivity contribution is 4.84. The van der Waals surface area contributed by atoms with Gasteiger partial charge in [-0.15, -0.1) is 0 Å². The molecule has 0 amide bonds. The number of likely N-dealkylation sites (tertiary alicyclic amines) is 1. The van der Waals surface area contributed by atoms with Crippen LogP contribution >= 0.6 is 0 Å². The maximum atomic E-state index is 3.52. The summed E-state index contributed by atoms with van der Waals surface area (Å²) in [5.74, 6) is 0.933. The highest BCUT2D eigenvalue weighted by Crippen LogP contribution is 2.35. The van der Waals surface area contributed by atoms with Crippen LogP contribution in [0.5, 0.6) is 0 Å². The number of hydrogen-bond donors (Lipinski definition) is 1. The zero-order valence-electron chi connectivity index (χ0n) is 12.0. The average Bonchev–Trinajstić information content (AvgIpc) is 2.56. The average molecular weight is 238 g/mol. The Morgan fingerprint density at radius 2 is 1.65 bits per heavy atom. The van der Waals surface area contributed by atoms with E-state index in [1.54, 1.807) is 0 Å². The van der Waals surface area contributed by atoms with E-state index in [0.29, 0.717) is 5.41 Å². The number of piperidine rings is 1. The van der Waals surface area contributed by atoms with Crippen LogP contribution in [0, 0.1) is 11.3 Å². The summed E-state index contributed by atoms with van der Waals surface area (Å²) in [6.07, 6.45) is 6.96. The summed E-state index contributed by atoms with van der Waals surface area (Å²) in [7, 11) is 0. The third-order valence-electron chi connectivity index (χ3n) is 4.82. The standard InChI is InChI=1S/C15H30N2/c1-15(2,3)13-7-11-17(12-8-13)14-5-4-9-16-10-6-14/h13-14,16H,4-12H2,1-3H3. The first-order chi connectivity index (χ1) is 8.07. The van der Waals surface area contributed by atoms with Crippen molar-refractivity contribution in [3.05, 3.63) is 0 Å². The van der Waals surface area contributed by atoms with Crippen LogP contribution in [-0.2, 0) is 0 Å². The molecule has 1 unspecified atom stereocenters. The molecular weight excluding hydrogens is 208 g/mol. The summed E-state index contributed by atoms with van der Waals surface area (Å²) < 4.78 is 0. The van der Waals surface area contributed by atoms with Gasteiger partial charge in [0.2, 0.25) is 0 Å². The first-order valence-electron chi connectivity index (χ1n) is 7.52. The second-order valence-electron chi connectivity index (χ2n) is 7.01. The predicted molar refractivity (Wildman–Crippen MR) is 74.3 cm³/mol. The van der Waals surface area contributed by atoms with E-state index >= 15 is 0 Å². The topological polar surface area (TPSA) is 15.3 Å². The van der Waals surface area contributed by atoms with Crippen molar-refractivity contribution in [2.45, 2.75) is 58.9 Å². The lowest BCUT2D eigenvalue weighted by molar-refractivity contribution is 0.0780. The van der Waals surface area contributed by atoms with Gasteiger partial charge in [-0.05, 0) is 69.6 Å². The number of hydrogen-bond acceptors (Lipinski definition) is 2. The quantitative estimate of drug-likeness (QED) is 0.755. The van der Waals surface area contributed by atoms with Crippen LogP contribution in [0.25, 0.3) is 0 Å². The van der Waals surface area contributed by atoms with Gasteiger partial charge >= 0.3 is 0 Å². The van der Waals surface area contributed by atoms with Gasteiger partial charge in [-0.2, -0.15) is 0 Å². The van der Waals surface area contributed by atoms with Crippen molar-refractivity contribution in [1.29, 1.82) is 0 Å². The van der Waals surface area contributed by atoms with Crippen molar-refractivity contribution in [2.75, 3.05) is 26.2 Å². The van der Waals surface area contributed by atoms with Crippen LogP contribution in [0.15, 0.2) is 0 Å². The van der Waals surface area contributed by atoms with Gasteiger partial charge in [-0.25, -0.2) is 0 Å². The van der Waals surface area contributed by atoms with Crippen molar-refractivity contribution in [3.63, 3.8) is 0 Å². The van der Waals surface area contributed by atoms with Crippen molar-refractivity contribution < 1.29 is 0 Å². The van der Waals surface area contributed by atoms with Crippen LogP contribution in [0.1, 0.15) is 52.9 Å². The molecule has 2 nitrogen and oxygen atoms in total. The van der Waals surface area contributed by atoms with Crippen molar-refractivity contribution in [2.24, 2.45) is 11.3 Å². The van der Waals surface area contributed by atoms with Gasteiger partial charge in [-0.1, -0.05) is 20.8 Å². The fourth-order valence-electron chi connectivity index (χ4n) is 3.50. The van der Waals surface area contributed by atoms with Gasteiger partial charge in [0.05, 0.1) is 0 Å². The van der Waals surface area contributed by atoms with Gasteiger partial charge in [0.25, 0.3) is 0 Å². The van der Waals surface area contributed by atoms with E-state index in [1.807, 2.05) is 0 Å². The van der Waals surface area contributed by atoms with Crippen LogP contribution in [0.2, 0.25) is 0 Å². The lowest BCUT2D eigenvalue weighted by Gasteiger charge is -2.41. The molecule has 0 spiro atoms. The molecule has 0 saturated carbocycles. The Bertz CT molecular complexity index is 216. The smallest absolute Gasteiger partial charge is 0.0108 e. The van der Waals surface area contributed by atoms with Gasteiger partial charge in [-0.3, -0.25) is 0 Å². The third-order valence-corrected chi connectivity index (χ3v) is 4.82. The van der Waals surface area contributed by atoms with Crippen molar-refractivity contribution in [1.82, 2.24) is 10.2 Å². The third kappa shape index (κ3) is 3.69. The first kappa shape index (κ1) is 13.4. The Balaban J connectivity index is 1.81. The minimum atomic E-state index is 0.511. The molecule has 0 aromatic heterocycles. The van der Waals surface area contributed by atoms with E-state index in [0.717, 1.165) is 12.0 Å². The summed E-state index contributed by atoms with van der Waals surface area (Å²) in [5.41, 5.74) is 0.511. The first-order valence-corrected chi connectivity index (χ1v) is 7.52. The molecule has 2 rings (SSSR count). The minimum Gasteiger partial charge on any atom is -0.317 e. The molecule has 100 valence electrons. The lowest BCUT2D eigenvalue weighted by atomic mass is 9.75. The molecular formula is C15H30N2. The molecule has 17 heavy (non-hydrogen) atoms. The summed E-state index contributed by atoms with van der Waals surface area (Å²) in [6.45, 7) is 12.4. The summed E-state index contributed by atoms with van der Waals surface area (Å²) in [4.78, 5) is 2.77. The van der Waals surface area contributed by atoms with Crippen LogP contribution in [-0.4, -0.2) is 37.1 Å². The van der Waals surface area contributed by atoms with E-state index < -0.39 is 0 Å². The molecule has 2 aliphatic rings. The molecule has 2 heteroatoms. The Hall–Kier alpha value is -0.0800. The number of rotatable bonds is 1. The van der Waals surface area contributed by atoms with Gasteiger partial charge in [0.15, 0.2) is 0 Å². The molecule has 2 heterocycles. The Morgan fingerprint density at radius 1 is 0.941 bits per heavy atom. The van der Waals surface area contributed by atoms with E-state index in [9.17, 15) is 0 Å². The van der Waals surface area contributed by atoms with E-state index in [4.69, 9.17) is 0 Å². The van der Waals surface area contributed by atoms with E-state index in [-0.39, 0.29) is 0 Å². The minimum absolute atomic E-state index is 0.511. The van der Waals surface area contributed by atoms with Crippen LogP contribution in [0.4, 0.5) is 0 Å². The summed E-state index contributed by atoms with van der Waals surface area (Å²) in [6, 6.07) is 0.867. The zero-order chi connectivity index (χ0) is 12.3. The number of nitrogens with one attached hydrogen (secondary N) is 1. The molecule has 2 aliphatic heterocycles. The molecule has 2 saturated heterocycles. The second-order valence-corrected chi connectivity index (χ2v) is 7.01. The Labute approximate surface area is 107 Å².